The maximum atomic E-state index is 11.9. The first-order valence-electron chi connectivity index (χ1n) is 6.53. The van der Waals surface area contributed by atoms with Crippen molar-refractivity contribution in [3.63, 3.8) is 0 Å². The molecule has 0 fully saturated rings. The number of hydrogen-bond donors (Lipinski definition) is 0. The molecule has 2 aromatic carbocycles. The third-order valence-electron chi connectivity index (χ3n) is 3.41. The SMILES string of the molecule is COc1ccc(-c2cc([O-])c([N+]#N)cc2C)c(OC)c1OC. The second-order valence-electron chi connectivity index (χ2n) is 4.62. The van der Waals surface area contributed by atoms with Crippen LogP contribution in [0.25, 0.3) is 16.1 Å². The highest BCUT2D eigenvalue weighted by Crippen LogP contribution is 2.46. The van der Waals surface area contributed by atoms with Crippen LogP contribution < -0.4 is 19.3 Å². The smallest absolute Gasteiger partial charge is 0.377 e. The molecule has 0 heterocycles. The quantitative estimate of drug-likeness (QED) is 0.810. The predicted molar refractivity (Wildman–Crippen MR) is 80.5 cm³/mol. The summed E-state index contributed by atoms with van der Waals surface area (Å²) in [6.45, 7) is 1.82. The summed E-state index contributed by atoms with van der Waals surface area (Å²) in [7, 11) is 4.57. The van der Waals surface area contributed by atoms with Gasteiger partial charge in [0.1, 0.15) is 0 Å². The molecule has 6 heteroatoms. The van der Waals surface area contributed by atoms with Gasteiger partial charge >= 0.3 is 5.69 Å². The zero-order valence-corrected chi connectivity index (χ0v) is 12.8. The number of hydrogen-bond acceptors (Lipinski definition) is 5. The Balaban J connectivity index is 2.73. The van der Waals surface area contributed by atoms with Crippen LogP contribution in [0.15, 0.2) is 24.3 Å². The highest BCUT2D eigenvalue weighted by molar-refractivity contribution is 5.81. The van der Waals surface area contributed by atoms with Crippen LogP contribution >= 0.6 is 0 Å². The summed E-state index contributed by atoms with van der Waals surface area (Å²) in [5.74, 6) is 1.08. The van der Waals surface area contributed by atoms with Gasteiger partial charge in [-0.1, -0.05) is 6.07 Å². The van der Waals surface area contributed by atoms with Gasteiger partial charge in [-0.3, -0.25) is 0 Å². The third kappa shape index (κ3) is 2.49. The zero-order valence-electron chi connectivity index (χ0n) is 12.8. The lowest BCUT2D eigenvalue weighted by atomic mass is 9.98. The standard InChI is InChI=1S/C16H16N2O4/c1-9-7-12(18-17)13(19)8-11(9)10-5-6-14(20-2)16(22-4)15(10)21-3/h5-8H,1-4H3. The average Bonchev–Trinajstić information content (AvgIpc) is 2.54. The topological polar surface area (TPSA) is 78.9 Å². The molecule has 6 nitrogen and oxygen atoms in total. The van der Waals surface area contributed by atoms with Crippen molar-refractivity contribution in [2.24, 2.45) is 0 Å². The van der Waals surface area contributed by atoms with E-state index in [-0.39, 0.29) is 11.4 Å². The maximum absolute atomic E-state index is 11.9. The molecular formula is C16H16N2O4. The Morgan fingerprint density at radius 1 is 0.955 bits per heavy atom. The lowest BCUT2D eigenvalue weighted by molar-refractivity contribution is -0.266. The molecule has 114 valence electrons. The Morgan fingerprint density at radius 2 is 1.64 bits per heavy atom. The second-order valence-corrected chi connectivity index (χ2v) is 4.62. The van der Waals surface area contributed by atoms with Crippen molar-refractivity contribution in [3.05, 3.63) is 34.8 Å². The Hall–Kier alpha value is -2.94. The number of nitrogens with zero attached hydrogens (tertiary/aromatic N) is 2. The summed E-state index contributed by atoms with van der Waals surface area (Å²) < 4.78 is 16.0. The molecule has 0 atom stereocenters. The molecule has 0 aliphatic carbocycles. The van der Waals surface area contributed by atoms with Crippen molar-refractivity contribution in [2.75, 3.05) is 21.3 Å². The largest absolute Gasteiger partial charge is 0.867 e. The highest BCUT2D eigenvalue weighted by Gasteiger charge is 2.20. The summed E-state index contributed by atoms with van der Waals surface area (Å²) >= 11 is 0. The van der Waals surface area contributed by atoms with Crippen LogP contribution in [0.4, 0.5) is 5.69 Å². The second kappa shape index (κ2) is 6.22. The fourth-order valence-corrected chi connectivity index (χ4v) is 2.35. The van der Waals surface area contributed by atoms with E-state index >= 15 is 0 Å². The molecule has 0 bridgehead atoms. The maximum Gasteiger partial charge on any atom is 0.377 e. The van der Waals surface area contributed by atoms with Gasteiger partial charge in [0.2, 0.25) is 11.1 Å². The van der Waals surface area contributed by atoms with Gasteiger partial charge in [-0.2, -0.15) is 0 Å². The van der Waals surface area contributed by atoms with Gasteiger partial charge in [0.05, 0.1) is 21.3 Å². The van der Waals surface area contributed by atoms with Crippen molar-refractivity contribution in [1.29, 1.82) is 5.39 Å². The van der Waals surface area contributed by atoms with Gasteiger partial charge in [-0.05, 0) is 35.9 Å². The summed E-state index contributed by atoms with van der Waals surface area (Å²) in [5.41, 5.74) is 2.15. The minimum Gasteiger partial charge on any atom is -0.867 e. The predicted octanol–water partition coefficient (Wildman–Crippen LogP) is 3.25. The molecule has 0 amide bonds. The van der Waals surface area contributed by atoms with E-state index in [0.29, 0.717) is 28.4 Å². The summed E-state index contributed by atoms with van der Waals surface area (Å²) in [4.78, 5) is 2.98. The van der Waals surface area contributed by atoms with Gasteiger partial charge in [0.15, 0.2) is 16.5 Å². The number of aryl methyl sites for hydroxylation is 1. The summed E-state index contributed by atoms with van der Waals surface area (Å²) in [6, 6.07) is 6.46. The molecule has 0 radical (unpaired) electrons. The Kier molecular flexibility index (Phi) is 4.37. The molecule has 0 aliphatic rings. The van der Waals surface area contributed by atoms with Crippen LogP contribution in [0.5, 0.6) is 23.0 Å². The first kappa shape index (κ1) is 15.4. The number of diazo groups is 1. The number of methoxy groups -OCH3 is 3. The van der Waals surface area contributed by atoms with E-state index in [9.17, 15) is 5.11 Å². The van der Waals surface area contributed by atoms with Crippen LogP contribution in [0, 0.1) is 12.3 Å². The van der Waals surface area contributed by atoms with Crippen LogP contribution in [-0.2, 0) is 0 Å². The van der Waals surface area contributed by atoms with Crippen LogP contribution in [0.3, 0.4) is 0 Å². The molecule has 2 rings (SSSR count). The molecule has 0 spiro atoms. The molecular weight excluding hydrogens is 284 g/mol. The molecule has 0 saturated heterocycles. The van der Waals surface area contributed by atoms with E-state index in [0.717, 1.165) is 5.56 Å². The highest BCUT2D eigenvalue weighted by atomic mass is 16.5. The van der Waals surface area contributed by atoms with Gasteiger partial charge in [-0.25, -0.2) is 0 Å². The van der Waals surface area contributed by atoms with Crippen molar-refractivity contribution in [3.8, 4) is 34.1 Å². The Morgan fingerprint density at radius 3 is 2.18 bits per heavy atom. The monoisotopic (exact) mass is 300 g/mol. The fourth-order valence-electron chi connectivity index (χ4n) is 2.35. The van der Waals surface area contributed by atoms with Crippen molar-refractivity contribution in [1.82, 2.24) is 0 Å². The average molecular weight is 300 g/mol. The van der Waals surface area contributed by atoms with Crippen LogP contribution in [0.1, 0.15) is 5.56 Å². The number of rotatable bonds is 4. The van der Waals surface area contributed by atoms with Crippen LogP contribution in [-0.4, -0.2) is 21.3 Å². The Labute approximate surface area is 128 Å². The lowest BCUT2D eigenvalue weighted by Crippen LogP contribution is -1.98. The minimum atomic E-state index is -0.375. The number of benzene rings is 2. The first-order chi connectivity index (χ1) is 10.6. The summed E-state index contributed by atoms with van der Waals surface area (Å²) in [6.07, 6.45) is 0. The van der Waals surface area contributed by atoms with Gasteiger partial charge in [-0.15, -0.1) is 0 Å². The van der Waals surface area contributed by atoms with E-state index in [2.05, 4.69) is 4.98 Å². The van der Waals surface area contributed by atoms with E-state index < -0.39 is 0 Å². The van der Waals surface area contributed by atoms with Crippen molar-refractivity contribution >= 4 is 5.69 Å². The molecule has 0 aliphatic heterocycles. The van der Waals surface area contributed by atoms with E-state index in [4.69, 9.17) is 19.6 Å². The lowest BCUT2D eigenvalue weighted by Gasteiger charge is -2.17. The van der Waals surface area contributed by atoms with Crippen LogP contribution in [0.2, 0.25) is 0 Å². The molecule has 0 aromatic heterocycles. The molecule has 2 aromatic rings. The van der Waals surface area contributed by atoms with Gasteiger partial charge in [0.25, 0.3) is 0 Å². The van der Waals surface area contributed by atoms with E-state index in [1.807, 2.05) is 6.92 Å². The van der Waals surface area contributed by atoms with E-state index in [1.54, 1.807) is 12.1 Å². The Bertz CT molecular complexity index is 751. The van der Waals surface area contributed by atoms with Crippen molar-refractivity contribution in [2.45, 2.75) is 6.92 Å². The third-order valence-corrected chi connectivity index (χ3v) is 3.41. The molecule has 0 saturated carbocycles. The normalized spacial score (nSPS) is 9.95. The molecule has 22 heavy (non-hydrogen) atoms. The van der Waals surface area contributed by atoms with E-state index in [1.165, 1.54) is 33.5 Å². The van der Waals surface area contributed by atoms with Gasteiger partial charge < -0.3 is 19.3 Å². The first-order valence-corrected chi connectivity index (χ1v) is 6.53. The zero-order chi connectivity index (χ0) is 16.3. The minimum absolute atomic E-state index is 0.000642. The van der Waals surface area contributed by atoms with Crippen molar-refractivity contribution < 1.29 is 19.3 Å². The molecule has 0 N–H and O–H groups in total. The fraction of sp³-hybridized carbons (Fsp3) is 0.250. The van der Waals surface area contributed by atoms with Gasteiger partial charge in [0, 0.05) is 11.6 Å². The molecule has 0 unspecified atom stereocenters. The number of ether oxygens (including phenoxy) is 3. The summed E-state index contributed by atoms with van der Waals surface area (Å²) in [5, 5.41) is 20.7.